The number of carbonyl (C=O) groups excluding carboxylic acids is 1. The molecule has 1 rings (SSSR count). The van der Waals surface area contributed by atoms with Crippen molar-refractivity contribution in [2.75, 3.05) is 12.0 Å². The first kappa shape index (κ1) is 10.3. The summed E-state index contributed by atoms with van der Waals surface area (Å²) in [5.74, 6) is 0.442. The van der Waals surface area contributed by atoms with Gasteiger partial charge in [-0.2, -0.15) is 16.9 Å². The van der Waals surface area contributed by atoms with Gasteiger partial charge in [0.2, 0.25) is 5.91 Å². The molecule has 0 aromatic carbocycles. The Hall–Kier alpha value is -0.770. The molecule has 0 atom stereocenters. The van der Waals surface area contributed by atoms with E-state index in [2.05, 4.69) is 17.5 Å². The molecular formula is C9H14N2OS. The summed E-state index contributed by atoms with van der Waals surface area (Å²) in [4.78, 5) is 11.0. The molecule has 0 radical (unpaired) electrons. The van der Waals surface area contributed by atoms with Gasteiger partial charge in [-0.25, -0.2) is 5.43 Å². The van der Waals surface area contributed by atoms with Crippen molar-refractivity contribution in [2.45, 2.75) is 19.8 Å². The molecule has 0 saturated heterocycles. The minimum Gasteiger partial charge on any atom is -0.272 e. The highest BCUT2D eigenvalue weighted by molar-refractivity contribution is 7.99. The summed E-state index contributed by atoms with van der Waals surface area (Å²) in [6.45, 7) is 2.08. The van der Waals surface area contributed by atoms with Crippen LogP contribution in [0.15, 0.2) is 16.8 Å². The Bertz CT molecular complexity index is 258. The number of thioether (sulfide) groups is 1. The molecule has 0 unspecified atom stereocenters. The van der Waals surface area contributed by atoms with Gasteiger partial charge < -0.3 is 0 Å². The zero-order valence-electron chi connectivity index (χ0n) is 7.96. The molecule has 1 aliphatic carbocycles. The molecule has 0 aromatic heterocycles. The van der Waals surface area contributed by atoms with Crippen molar-refractivity contribution in [2.24, 2.45) is 5.10 Å². The second-order valence-electron chi connectivity index (χ2n) is 3.06. The summed E-state index contributed by atoms with van der Waals surface area (Å²) in [6, 6.07) is 0. The van der Waals surface area contributed by atoms with Gasteiger partial charge in [-0.3, -0.25) is 4.79 Å². The lowest BCUT2D eigenvalue weighted by molar-refractivity contribution is -0.118. The largest absolute Gasteiger partial charge is 0.272 e. The van der Waals surface area contributed by atoms with Gasteiger partial charge in [-0.05, 0) is 32.1 Å². The number of hydrazone groups is 1. The maximum Gasteiger partial charge on any atom is 0.250 e. The van der Waals surface area contributed by atoms with E-state index in [1.165, 1.54) is 17.3 Å². The molecule has 4 heteroatoms. The van der Waals surface area contributed by atoms with Crippen LogP contribution in [0.1, 0.15) is 19.8 Å². The standard InChI is InChI=1S/C9H14N2OS/c1-7-3-4-8(5-7)10-11-9(12)6-13-2/h5H,3-4,6H2,1-2H3,(H,11,12)/b10-8+. The topological polar surface area (TPSA) is 41.5 Å². The normalized spacial score (nSPS) is 18.9. The Morgan fingerprint density at radius 1 is 1.69 bits per heavy atom. The summed E-state index contributed by atoms with van der Waals surface area (Å²) in [6.07, 6.45) is 5.94. The molecule has 0 heterocycles. The quantitative estimate of drug-likeness (QED) is 0.699. The summed E-state index contributed by atoms with van der Waals surface area (Å²) >= 11 is 1.50. The molecule has 3 nitrogen and oxygen atoms in total. The van der Waals surface area contributed by atoms with Gasteiger partial charge >= 0.3 is 0 Å². The zero-order valence-corrected chi connectivity index (χ0v) is 8.78. The van der Waals surface area contributed by atoms with Crippen LogP contribution in [0.3, 0.4) is 0 Å². The van der Waals surface area contributed by atoms with Crippen LogP contribution in [0.2, 0.25) is 0 Å². The van der Waals surface area contributed by atoms with Crippen LogP contribution < -0.4 is 5.43 Å². The Morgan fingerprint density at radius 2 is 2.46 bits per heavy atom. The fraction of sp³-hybridized carbons (Fsp3) is 0.556. The van der Waals surface area contributed by atoms with Crippen molar-refractivity contribution in [3.63, 3.8) is 0 Å². The maximum absolute atomic E-state index is 11.0. The summed E-state index contributed by atoms with van der Waals surface area (Å²) in [7, 11) is 0. The lowest BCUT2D eigenvalue weighted by Gasteiger charge is -1.97. The third kappa shape index (κ3) is 3.63. The van der Waals surface area contributed by atoms with Crippen LogP contribution in [0, 0.1) is 0 Å². The summed E-state index contributed by atoms with van der Waals surface area (Å²) in [5.41, 5.74) is 4.84. The first-order valence-electron chi connectivity index (χ1n) is 4.24. The van der Waals surface area contributed by atoms with Crippen LogP contribution in [0.25, 0.3) is 0 Å². The van der Waals surface area contributed by atoms with E-state index in [1.807, 2.05) is 12.3 Å². The Morgan fingerprint density at radius 3 is 3.00 bits per heavy atom. The third-order valence-corrected chi connectivity index (χ3v) is 2.34. The minimum absolute atomic E-state index is 0.0297. The lowest BCUT2D eigenvalue weighted by atomic mass is 10.3. The van der Waals surface area contributed by atoms with Gasteiger partial charge in [0.15, 0.2) is 0 Å². The van der Waals surface area contributed by atoms with Crippen LogP contribution in [0.4, 0.5) is 0 Å². The molecule has 13 heavy (non-hydrogen) atoms. The number of amides is 1. The van der Waals surface area contributed by atoms with Crippen LogP contribution >= 0.6 is 11.8 Å². The number of nitrogens with one attached hydrogen (secondary N) is 1. The monoisotopic (exact) mass is 198 g/mol. The second kappa shape index (κ2) is 5.07. The molecular weight excluding hydrogens is 184 g/mol. The van der Waals surface area contributed by atoms with E-state index >= 15 is 0 Å². The first-order chi connectivity index (χ1) is 6.22. The first-order valence-corrected chi connectivity index (χ1v) is 5.63. The van der Waals surface area contributed by atoms with Gasteiger partial charge in [-0.1, -0.05) is 5.57 Å². The molecule has 0 fully saturated rings. The Labute approximate surface area is 82.7 Å². The average Bonchev–Trinajstić information content (AvgIpc) is 2.49. The highest BCUT2D eigenvalue weighted by atomic mass is 32.2. The van der Waals surface area contributed by atoms with E-state index in [4.69, 9.17) is 0 Å². The van der Waals surface area contributed by atoms with Crippen molar-refractivity contribution in [1.29, 1.82) is 0 Å². The van der Waals surface area contributed by atoms with E-state index in [1.54, 1.807) is 0 Å². The Balaban J connectivity index is 2.36. The highest BCUT2D eigenvalue weighted by Gasteiger charge is 2.06. The molecule has 0 aliphatic heterocycles. The fourth-order valence-corrected chi connectivity index (χ4v) is 1.47. The lowest BCUT2D eigenvalue weighted by Crippen LogP contribution is -2.20. The smallest absolute Gasteiger partial charge is 0.250 e. The number of carbonyl (C=O) groups is 1. The highest BCUT2D eigenvalue weighted by Crippen LogP contribution is 2.14. The zero-order chi connectivity index (χ0) is 9.68. The summed E-state index contributed by atoms with van der Waals surface area (Å²) in [5, 5.41) is 4.02. The number of hydrogen-bond acceptors (Lipinski definition) is 3. The fourth-order valence-electron chi connectivity index (χ4n) is 1.14. The summed E-state index contributed by atoms with van der Waals surface area (Å²) < 4.78 is 0. The average molecular weight is 198 g/mol. The van der Waals surface area contributed by atoms with Crippen LogP contribution in [-0.4, -0.2) is 23.6 Å². The van der Waals surface area contributed by atoms with Gasteiger partial charge in [0.05, 0.1) is 11.5 Å². The van der Waals surface area contributed by atoms with Crippen molar-refractivity contribution in [3.05, 3.63) is 11.6 Å². The third-order valence-electron chi connectivity index (χ3n) is 1.79. The van der Waals surface area contributed by atoms with E-state index < -0.39 is 0 Å². The van der Waals surface area contributed by atoms with Crippen LogP contribution in [0.5, 0.6) is 0 Å². The molecule has 1 N–H and O–H groups in total. The molecule has 0 spiro atoms. The van der Waals surface area contributed by atoms with Crippen molar-refractivity contribution >= 4 is 23.4 Å². The Kier molecular flexibility index (Phi) is 4.02. The van der Waals surface area contributed by atoms with Gasteiger partial charge in [-0.15, -0.1) is 0 Å². The van der Waals surface area contributed by atoms with Crippen molar-refractivity contribution in [1.82, 2.24) is 5.43 Å². The predicted octanol–water partition coefficient (Wildman–Crippen LogP) is 1.56. The van der Waals surface area contributed by atoms with Crippen LogP contribution in [-0.2, 0) is 4.79 Å². The molecule has 0 aromatic rings. The van der Waals surface area contributed by atoms with Crippen molar-refractivity contribution < 1.29 is 4.79 Å². The molecule has 1 aliphatic rings. The van der Waals surface area contributed by atoms with Gasteiger partial charge in [0.1, 0.15) is 0 Å². The minimum atomic E-state index is -0.0297. The maximum atomic E-state index is 11.0. The van der Waals surface area contributed by atoms with E-state index in [0.717, 1.165) is 18.6 Å². The van der Waals surface area contributed by atoms with E-state index in [0.29, 0.717) is 5.75 Å². The number of hydrogen-bond donors (Lipinski definition) is 1. The second-order valence-corrected chi connectivity index (χ2v) is 3.93. The predicted molar refractivity (Wildman–Crippen MR) is 57.0 cm³/mol. The van der Waals surface area contributed by atoms with E-state index in [-0.39, 0.29) is 5.91 Å². The SMILES string of the molecule is CSCC(=O)N/N=C1/C=C(C)CC1. The van der Waals surface area contributed by atoms with Gasteiger partial charge in [0.25, 0.3) is 0 Å². The van der Waals surface area contributed by atoms with Crippen molar-refractivity contribution in [3.8, 4) is 0 Å². The molecule has 0 saturated carbocycles. The number of allylic oxidation sites excluding steroid dienone is 2. The molecule has 1 amide bonds. The molecule has 72 valence electrons. The number of nitrogens with zero attached hydrogens (tertiary/aromatic N) is 1. The molecule has 0 bridgehead atoms. The number of rotatable bonds is 3. The van der Waals surface area contributed by atoms with Gasteiger partial charge in [0, 0.05) is 0 Å². The van der Waals surface area contributed by atoms with E-state index in [9.17, 15) is 4.79 Å².